The first kappa shape index (κ1) is 20.1. The van der Waals surface area contributed by atoms with Gasteiger partial charge in [0.1, 0.15) is 0 Å². The molecule has 0 spiro atoms. The largest absolute Gasteiger partial charge is 0.309 e. The molecule has 4 aromatic heterocycles. The molecule has 6 rings (SSSR count). The number of likely N-dealkylation sites (N-methyl/N-ethyl adjacent to an activating group) is 2. The number of carbonyl (C=O) groups excluding carboxylic acids is 2. The third-order valence-electron chi connectivity index (χ3n) is 5.82. The maximum absolute atomic E-state index is 13.3. The summed E-state index contributed by atoms with van der Waals surface area (Å²) in [5.41, 5.74) is 2.49. The highest BCUT2D eigenvalue weighted by molar-refractivity contribution is 7.31. The van der Waals surface area contributed by atoms with Crippen molar-refractivity contribution in [3.63, 3.8) is 0 Å². The molecule has 0 saturated carbocycles. The molecule has 0 atom stereocenters. The third kappa shape index (κ3) is 2.76. The van der Waals surface area contributed by atoms with E-state index < -0.39 is 0 Å². The van der Waals surface area contributed by atoms with Gasteiger partial charge in [0.15, 0.2) is 0 Å². The Morgan fingerprint density at radius 1 is 0.594 bits per heavy atom. The van der Waals surface area contributed by atoms with E-state index in [0.29, 0.717) is 11.1 Å². The SMILES string of the molecule is Cc1ccc(C2=C3C(=O)N(C)C(c4ccc(-c5cc6sc(C)cc6s5)s4)=C3C(=O)N2C)s1. The molecular formula is C24H18N2O2S4. The van der Waals surface area contributed by atoms with E-state index in [4.69, 9.17) is 0 Å². The Hall–Kier alpha value is -2.52. The second kappa shape index (κ2) is 6.99. The molecule has 0 radical (unpaired) electrons. The van der Waals surface area contributed by atoms with Crippen LogP contribution in [-0.2, 0) is 9.59 Å². The molecule has 0 unspecified atom stereocenters. The molecule has 0 N–H and O–H groups in total. The van der Waals surface area contributed by atoms with E-state index in [1.54, 1.807) is 57.9 Å². The van der Waals surface area contributed by atoms with Gasteiger partial charge in [0.2, 0.25) is 0 Å². The highest BCUT2D eigenvalue weighted by atomic mass is 32.1. The Labute approximate surface area is 201 Å². The Morgan fingerprint density at radius 3 is 1.75 bits per heavy atom. The lowest BCUT2D eigenvalue weighted by Gasteiger charge is -2.18. The third-order valence-corrected chi connectivity index (χ3v) is 10.3. The van der Waals surface area contributed by atoms with Crippen molar-refractivity contribution >= 4 is 78.0 Å². The van der Waals surface area contributed by atoms with E-state index in [1.165, 1.54) is 19.2 Å². The van der Waals surface area contributed by atoms with Gasteiger partial charge in [0.05, 0.1) is 32.3 Å². The van der Waals surface area contributed by atoms with Crippen LogP contribution < -0.4 is 0 Å². The van der Waals surface area contributed by atoms with Crippen LogP contribution >= 0.6 is 45.3 Å². The summed E-state index contributed by atoms with van der Waals surface area (Å²) < 4.78 is 2.61. The van der Waals surface area contributed by atoms with E-state index in [-0.39, 0.29) is 11.8 Å². The van der Waals surface area contributed by atoms with Crippen LogP contribution in [0, 0.1) is 13.8 Å². The van der Waals surface area contributed by atoms with Gasteiger partial charge in [-0.05, 0) is 50.2 Å². The highest BCUT2D eigenvalue weighted by Crippen LogP contribution is 2.49. The van der Waals surface area contributed by atoms with E-state index in [1.807, 2.05) is 36.5 Å². The number of aryl methyl sites for hydroxylation is 2. The zero-order chi connectivity index (χ0) is 22.3. The monoisotopic (exact) mass is 494 g/mol. The van der Waals surface area contributed by atoms with Crippen molar-refractivity contribution in [3.8, 4) is 9.75 Å². The molecule has 0 saturated heterocycles. The van der Waals surface area contributed by atoms with Crippen LogP contribution in [0.25, 0.3) is 30.5 Å². The summed E-state index contributed by atoms with van der Waals surface area (Å²) in [4.78, 5) is 36.6. The Morgan fingerprint density at radius 2 is 1.16 bits per heavy atom. The van der Waals surface area contributed by atoms with Crippen LogP contribution in [0.4, 0.5) is 0 Å². The van der Waals surface area contributed by atoms with Crippen molar-refractivity contribution in [2.24, 2.45) is 0 Å². The number of nitrogens with zero attached hydrogens (tertiary/aromatic N) is 2. The van der Waals surface area contributed by atoms with Crippen LogP contribution in [0.2, 0.25) is 0 Å². The molecule has 2 aliphatic rings. The average molecular weight is 495 g/mol. The van der Waals surface area contributed by atoms with Gasteiger partial charge in [-0.15, -0.1) is 45.3 Å². The molecule has 6 heterocycles. The number of hydrogen-bond acceptors (Lipinski definition) is 6. The van der Waals surface area contributed by atoms with Gasteiger partial charge in [0, 0.05) is 43.0 Å². The first-order chi connectivity index (χ1) is 15.3. The molecule has 0 aromatic carbocycles. The van der Waals surface area contributed by atoms with Crippen LogP contribution in [0.5, 0.6) is 0 Å². The van der Waals surface area contributed by atoms with Crippen LogP contribution in [0.3, 0.4) is 0 Å². The van der Waals surface area contributed by atoms with Gasteiger partial charge >= 0.3 is 0 Å². The minimum Gasteiger partial charge on any atom is -0.309 e. The maximum Gasteiger partial charge on any atom is 0.261 e. The van der Waals surface area contributed by atoms with Crippen LogP contribution in [0.15, 0.2) is 47.5 Å². The summed E-state index contributed by atoms with van der Waals surface area (Å²) in [6.07, 6.45) is 0. The minimum absolute atomic E-state index is 0.115. The summed E-state index contributed by atoms with van der Waals surface area (Å²) in [5, 5.41) is 0. The van der Waals surface area contributed by atoms with Crippen LogP contribution in [-0.4, -0.2) is 35.7 Å². The van der Waals surface area contributed by atoms with E-state index in [9.17, 15) is 9.59 Å². The van der Waals surface area contributed by atoms with E-state index >= 15 is 0 Å². The smallest absolute Gasteiger partial charge is 0.261 e. The van der Waals surface area contributed by atoms with Gasteiger partial charge in [-0.2, -0.15) is 0 Å². The number of amides is 2. The van der Waals surface area contributed by atoms with Crippen molar-refractivity contribution in [2.75, 3.05) is 14.1 Å². The number of carbonyl (C=O) groups is 2. The molecule has 4 nitrogen and oxygen atoms in total. The lowest BCUT2D eigenvalue weighted by Crippen LogP contribution is -2.24. The molecule has 0 aliphatic carbocycles. The molecular weight excluding hydrogens is 477 g/mol. The fourth-order valence-electron chi connectivity index (χ4n) is 4.34. The molecule has 4 aromatic rings. The topological polar surface area (TPSA) is 40.6 Å². The number of fused-ring (bicyclic) bond motifs is 2. The molecule has 2 amide bonds. The highest BCUT2D eigenvalue weighted by Gasteiger charge is 2.47. The lowest BCUT2D eigenvalue weighted by atomic mass is 10.1. The first-order valence-electron chi connectivity index (χ1n) is 10.1. The molecule has 8 heteroatoms. The maximum atomic E-state index is 13.3. The molecule has 160 valence electrons. The number of rotatable bonds is 3. The Kier molecular flexibility index (Phi) is 4.39. The fraction of sp³-hybridized carbons (Fsp3) is 0.167. The Bertz CT molecular complexity index is 1490. The summed E-state index contributed by atoms with van der Waals surface area (Å²) >= 11 is 6.84. The molecule has 2 aliphatic heterocycles. The summed E-state index contributed by atoms with van der Waals surface area (Å²) in [6.45, 7) is 4.16. The normalized spacial score (nSPS) is 16.5. The number of hydrogen-bond donors (Lipinski definition) is 0. The fourth-order valence-corrected chi connectivity index (χ4v) is 8.79. The van der Waals surface area contributed by atoms with Crippen molar-refractivity contribution in [2.45, 2.75) is 13.8 Å². The second-order valence-electron chi connectivity index (χ2n) is 7.95. The second-order valence-corrected chi connectivity index (χ2v) is 12.7. The zero-order valence-electron chi connectivity index (χ0n) is 17.8. The zero-order valence-corrected chi connectivity index (χ0v) is 21.1. The molecule has 0 bridgehead atoms. The Balaban J connectivity index is 1.49. The van der Waals surface area contributed by atoms with Gasteiger partial charge in [-0.25, -0.2) is 0 Å². The van der Waals surface area contributed by atoms with Crippen molar-refractivity contribution in [3.05, 3.63) is 67.1 Å². The van der Waals surface area contributed by atoms with Gasteiger partial charge in [-0.3, -0.25) is 9.59 Å². The van der Waals surface area contributed by atoms with Crippen molar-refractivity contribution < 1.29 is 9.59 Å². The van der Waals surface area contributed by atoms with Crippen molar-refractivity contribution in [1.29, 1.82) is 0 Å². The van der Waals surface area contributed by atoms with E-state index in [0.717, 1.165) is 30.9 Å². The predicted molar refractivity (Wildman–Crippen MR) is 136 cm³/mol. The molecule has 32 heavy (non-hydrogen) atoms. The van der Waals surface area contributed by atoms with Gasteiger partial charge < -0.3 is 9.80 Å². The lowest BCUT2D eigenvalue weighted by molar-refractivity contribution is -0.123. The molecule has 0 fully saturated rings. The van der Waals surface area contributed by atoms with Gasteiger partial charge in [0.25, 0.3) is 11.8 Å². The summed E-state index contributed by atoms with van der Waals surface area (Å²) in [7, 11) is 3.53. The average Bonchev–Trinajstić information content (AvgIpc) is 3.55. The summed E-state index contributed by atoms with van der Waals surface area (Å²) in [5.74, 6) is -0.230. The minimum atomic E-state index is -0.115. The van der Waals surface area contributed by atoms with Crippen LogP contribution in [0.1, 0.15) is 19.5 Å². The quantitative estimate of drug-likeness (QED) is 0.329. The van der Waals surface area contributed by atoms with Gasteiger partial charge in [-0.1, -0.05) is 0 Å². The number of thiophene rings is 4. The predicted octanol–water partition coefficient (Wildman–Crippen LogP) is 6.44. The standard InChI is InChI=1S/C24H18N2O2S4/c1-11-5-6-14(29-11)21-19-20(24(28)25(21)3)22(26(4)23(19)27)15-8-7-13(31-15)17-10-18-16(32-17)9-12(2)30-18/h5-10H,1-4H3. The summed E-state index contributed by atoms with van der Waals surface area (Å²) in [6, 6.07) is 12.6. The first-order valence-corrected chi connectivity index (χ1v) is 13.3. The van der Waals surface area contributed by atoms with Crippen molar-refractivity contribution in [1.82, 2.24) is 9.80 Å². The van der Waals surface area contributed by atoms with E-state index in [2.05, 4.69) is 25.1 Å².